The summed E-state index contributed by atoms with van der Waals surface area (Å²) in [5.41, 5.74) is 3.45. The van der Waals surface area contributed by atoms with Crippen molar-refractivity contribution in [3.05, 3.63) is 52.6 Å². The lowest BCUT2D eigenvalue weighted by atomic mass is 9.89. The molecule has 0 radical (unpaired) electrons. The van der Waals surface area contributed by atoms with Crippen molar-refractivity contribution in [2.75, 3.05) is 37.8 Å². The largest absolute Gasteiger partial charge is 0.476 e. The van der Waals surface area contributed by atoms with Crippen molar-refractivity contribution in [3.8, 4) is 11.9 Å². The standard InChI is InChI=1S/C23H27N3O3/c1-23(2)14-18-19(15-24)22(28-11-8-17-6-4-3-5-7-17)25-21(20(18)16-29-23)26-9-12-27-13-10-26/h3-7H,8-14,16H2,1-2H3. The molecule has 2 aliphatic heterocycles. The maximum Gasteiger partial charge on any atom is 0.233 e. The molecule has 1 aromatic heterocycles. The van der Waals surface area contributed by atoms with Gasteiger partial charge in [0.05, 0.1) is 32.0 Å². The monoisotopic (exact) mass is 393 g/mol. The third-order valence-electron chi connectivity index (χ3n) is 5.46. The van der Waals surface area contributed by atoms with Gasteiger partial charge in [-0.25, -0.2) is 0 Å². The maximum absolute atomic E-state index is 9.92. The molecule has 1 saturated heterocycles. The molecule has 4 rings (SSSR count). The van der Waals surface area contributed by atoms with Crippen molar-refractivity contribution in [2.24, 2.45) is 0 Å². The predicted molar refractivity (Wildman–Crippen MR) is 110 cm³/mol. The average molecular weight is 393 g/mol. The van der Waals surface area contributed by atoms with Gasteiger partial charge in [0.25, 0.3) is 0 Å². The molecule has 0 aliphatic carbocycles. The van der Waals surface area contributed by atoms with Crippen LogP contribution in [0, 0.1) is 11.3 Å². The van der Waals surface area contributed by atoms with Gasteiger partial charge in [-0.2, -0.15) is 10.2 Å². The molecular weight excluding hydrogens is 366 g/mol. The lowest BCUT2D eigenvalue weighted by molar-refractivity contribution is -0.0402. The van der Waals surface area contributed by atoms with Gasteiger partial charge in [0.1, 0.15) is 17.5 Å². The molecule has 0 atom stereocenters. The first kappa shape index (κ1) is 19.7. The average Bonchev–Trinajstić information content (AvgIpc) is 2.74. The lowest BCUT2D eigenvalue weighted by Gasteiger charge is -2.36. The molecule has 152 valence electrons. The molecule has 0 N–H and O–H groups in total. The minimum Gasteiger partial charge on any atom is -0.476 e. The van der Waals surface area contributed by atoms with Crippen LogP contribution in [-0.2, 0) is 28.9 Å². The minimum absolute atomic E-state index is 0.316. The summed E-state index contributed by atoms with van der Waals surface area (Å²) >= 11 is 0. The molecular formula is C23H27N3O3. The second kappa shape index (κ2) is 8.40. The molecule has 0 bridgehead atoms. The zero-order valence-corrected chi connectivity index (χ0v) is 17.1. The van der Waals surface area contributed by atoms with Gasteiger partial charge >= 0.3 is 0 Å². The predicted octanol–water partition coefficient (Wildman–Crippen LogP) is 3.26. The number of aromatic nitrogens is 1. The van der Waals surface area contributed by atoms with Gasteiger partial charge in [0.15, 0.2) is 0 Å². The molecule has 3 heterocycles. The van der Waals surface area contributed by atoms with E-state index < -0.39 is 0 Å². The van der Waals surface area contributed by atoms with E-state index in [1.165, 1.54) is 5.56 Å². The highest BCUT2D eigenvalue weighted by Crippen LogP contribution is 2.38. The maximum atomic E-state index is 9.92. The van der Waals surface area contributed by atoms with E-state index >= 15 is 0 Å². The number of benzene rings is 1. The molecule has 6 heteroatoms. The summed E-state index contributed by atoms with van der Waals surface area (Å²) in [6.07, 6.45) is 1.44. The summed E-state index contributed by atoms with van der Waals surface area (Å²) in [6.45, 7) is 7.95. The molecule has 0 unspecified atom stereocenters. The van der Waals surface area contributed by atoms with Crippen LogP contribution in [0.25, 0.3) is 0 Å². The van der Waals surface area contributed by atoms with E-state index in [1.54, 1.807) is 0 Å². The van der Waals surface area contributed by atoms with Gasteiger partial charge in [0.2, 0.25) is 5.88 Å². The molecule has 0 amide bonds. The highest BCUT2D eigenvalue weighted by atomic mass is 16.5. The van der Waals surface area contributed by atoms with Crippen LogP contribution in [0.15, 0.2) is 30.3 Å². The van der Waals surface area contributed by atoms with Gasteiger partial charge in [-0.3, -0.25) is 0 Å². The fourth-order valence-electron chi connectivity index (χ4n) is 3.89. The molecule has 2 aromatic rings. The minimum atomic E-state index is -0.316. The number of hydrogen-bond acceptors (Lipinski definition) is 6. The Morgan fingerprint density at radius 2 is 1.93 bits per heavy atom. The molecule has 0 saturated carbocycles. The second-order valence-electron chi connectivity index (χ2n) is 8.09. The Morgan fingerprint density at radius 1 is 1.17 bits per heavy atom. The van der Waals surface area contributed by atoms with Crippen LogP contribution in [0.4, 0.5) is 5.82 Å². The number of hydrogen-bond donors (Lipinski definition) is 0. The van der Waals surface area contributed by atoms with Crippen LogP contribution in [0.3, 0.4) is 0 Å². The third kappa shape index (κ3) is 4.36. The second-order valence-corrected chi connectivity index (χ2v) is 8.09. The Hall–Kier alpha value is -2.62. The zero-order valence-electron chi connectivity index (χ0n) is 17.1. The van der Waals surface area contributed by atoms with E-state index in [4.69, 9.17) is 19.2 Å². The Bertz CT molecular complexity index is 900. The summed E-state index contributed by atoms with van der Waals surface area (Å²) < 4.78 is 17.6. The Labute approximate surface area is 172 Å². The number of fused-ring (bicyclic) bond motifs is 1. The van der Waals surface area contributed by atoms with Crippen LogP contribution in [0.5, 0.6) is 5.88 Å². The first-order chi connectivity index (χ1) is 14.1. The van der Waals surface area contributed by atoms with E-state index in [1.807, 2.05) is 18.2 Å². The fraction of sp³-hybridized carbons (Fsp3) is 0.478. The molecule has 1 fully saturated rings. The normalized spacial score (nSPS) is 18.0. The quantitative estimate of drug-likeness (QED) is 0.777. The van der Waals surface area contributed by atoms with Crippen LogP contribution in [0.1, 0.15) is 36.1 Å². The molecule has 6 nitrogen and oxygen atoms in total. The number of nitrogens with zero attached hydrogens (tertiary/aromatic N) is 3. The smallest absolute Gasteiger partial charge is 0.233 e. The SMILES string of the molecule is CC1(C)Cc2c(C#N)c(OCCc3ccccc3)nc(N3CCOCC3)c2CO1. The molecule has 29 heavy (non-hydrogen) atoms. The van der Waals surface area contributed by atoms with Crippen molar-refractivity contribution in [1.82, 2.24) is 4.98 Å². The Morgan fingerprint density at radius 3 is 2.66 bits per heavy atom. The van der Waals surface area contributed by atoms with Crippen molar-refractivity contribution in [3.63, 3.8) is 0 Å². The van der Waals surface area contributed by atoms with Gasteiger partial charge in [0, 0.05) is 31.5 Å². The van der Waals surface area contributed by atoms with Crippen LogP contribution >= 0.6 is 0 Å². The van der Waals surface area contributed by atoms with Crippen molar-refractivity contribution >= 4 is 5.82 Å². The number of nitriles is 1. The molecule has 1 aromatic carbocycles. The Kier molecular flexibility index (Phi) is 5.70. The number of morpholine rings is 1. The molecule has 2 aliphatic rings. The van der Waals surface area contributed by atoms with Crippen LogP contribution in [-0.4, -0.2) is 43.5 Å². The van der Waals surface area contributed by atoms with Gasteiger partial charge < -0.3 is 19.1 Å². The summed E-state index contributed by atoms with van der Waals surface area (Å²) in [4.78, 5) is 7.02. The lowest BCUT2D eigenvalue weighted by Crippen LogP contribution is -2.39. The van der Waals surface area contributed by atoms with Crippen molar-refractivity contribution < 1.29 is 14.2 Å². The first-order valence-electron chi connectivity index (χ1n) is 10.2. The van der Waals surface area contributed by atoms with Gasteiger partial charge in [-0.05, 0) is 25.0 Å². The van der Waals surface area contributed by atoms with Crippen molar-refractivity contribution in [2.45, 2.75) is 38.9 Å². The highest BCUT2D eigenvalue weighted by molar-refractivity contribution is 5.61. The van der Waals surface area contributed by atoms with E-state index in [2.05, 4.69) is 36.9 Å². The van der Waals surface area contributed by atoms with Gasteiger partial charge in [-0.15, -0.1) is 0 Å². The highest BCUT2D eigenvalue weighted by Gasteiger charge is 2.34. The number of ether oxygens (including phenoxy) is 3. The van der Waals surface area contributed by atoms with Crippen molar-refractivity contribution in [1.29, 1.82) is 5.26 Å². The van der Waals surface area contributed by atoms with E-state index in [9.17, 15) is 5.26 Å². The van der Waals surface area contributed by atoms with E-state index in [0.717, 1.165) is 36.5 Å². The fourth-order valence-corrected chi connectivity index (χ4v) is 3.89. The van der Waals surface area contributed by atoms with Gasteiger partial charge in [-0.1, -0.05) is 30.3 Å². The van der Waals surface area contributed by atoms with E-state index in [0.29, 0.717) is 44.3 Å². The summed E-state index contributed by atoms with van der Waals surface area (Å²) in [7, 11) is 0. The zero-order chi connectivity index (χ0) is 20.3. The Balaban J connectivity index is 1.66. The number of rotatable bonds is 5. The topological polar surface area (TPSA) is 67.6 Å². The number of anilines is 1. The molecule has 0 spiro atoms. The summed E-state index contributed by atoms with van der Waals surface area (Å²) in [5.74, 6) is 1.30. The van der Waals surface area contributed by atoms with Crippen LogP contribution < -0.4 is 9.64 Å². The first-order valence-corrected chi connectivity index (χ1v) is 10.2. The summed E-state index contributed by atoms with van der Waals surface area (Å²) in [6, 6.07) is 12.5. The van der Waals surface area contributed by atoms with E-state index in [-0.39, 0.29) is 5.60 Å². The number of pyridine rings is 1. The van der Waals surface area contributed by atoms with Crippen LogP contribution in [0.2, 0.25) is 0 Å². The summed E-state index contributed by atoms with van der Waals surface area (Å²) in [5, 5.41) is 9.92. The third-order valence-corrected chi connectivity index (χ3v) is 5.46.